The topological polar surface area (TPSA) is 46.6 Å². The molecule has 0 radical (unpaired) electrons. The van der Waals surface area contributed by atoms with Gasteiger partial charge in [-0.15, -0.1) is 0 Å². The van der Waals surface area contributed by atoms with E-state index in [1.165, 1.54) is 26.4 Å². The molecular weight excluding hydrogens is 218 g/mol. The van der Waals surface area contributed by atoms with Gasteiger partial charge < -0.3 is 9.64 Å². The zero-order valence-electron chi connectivity index (χ0n) is 10.8. The average molecular weight is 239 g/mol. The quantitative estimate of drug-likeness (QED) is 0.697. The van der Waals surface area contributed by atoms with Crippen molar-refractivity contribution in [3.8, 4) is 0 Å². The first kappa shape index (κ1) is 12.4. The lowest BCUT2D eigenvalue weighted by Gasteiger charge is -2.26. The van der Waals surface area contributed by atoms with Crippen LogP contribution in [-0.4, -0.2) is 36.5 Å². The SMILES string of the molecule is COC(=O)CN(C(=O)C1C2CCCC21)C(C)C. The normalized spacial score (nSPS) is 30.0. The fraction of sp³-hybridized carbons (Fsp3) is 0.846. The molecule has 2 rings (SSSR count). The lowest BCUT2D eigenvalue weighted by Crippen LogP contribution is -2.42. The summed E-state index contributed by atoms with van der Waals surface area (Å²) < 4.78 is 4.64. The molecule has 17 heavy (non-hydrogen) atoms. The van der Waals surface area contributed by atoms with E-state index in [1.807, 2.05) is 13.8 Å². The summed E-state index contributed by atoms with van der Waals surface area (Å²) in [5.41, 5.74) is 0. The Kier molecular flexibility index (Phi) is 3.40. The zero-order chi connectivity index (χ0) is 12.6. The molecule has 2 aliphatic carbocycles. The van der Waals surface area contributed by atoms with E-state index in [4.69, 9.17) is 0 Å². The monoisotopic (exact) mass is 239 g/mol. The van der Waals surface area contributed by atoms with Gasteiger partial charge in [-0.2, -0.15) is 0 Å². The van der Waals surface area contributed by atoms with Crippen LogP contribution in [-0.2, 0) is 14.3 Å². The van der Waals surface area contributed by atoms with E-state index in [0.29, 0.717) is 11.8 Å². The molecule has 2 atom stereocenters. The predicted molar refractivity (Wildman–Crippen MR) is 63.2 cm³/mol. The Bertz CT molecular complexity index is 317. The maximum Gasteiger partial charge on any atom is 0.325 e. The number of esters is 1. The summed E-state index contributed by atoms with van der Waals surface area (Å²) in [5, 5.41) is 0. The molecule has 0 aromatic carbocycles. The van der Waals surface area contributed by atoms with Crippen LogP contribution in [0.1, 0.15) is 33.1 Å². The summed E-state index contributed by atoms with van der Waals surface area (Å²) in [6.45, 7) is 3.97. The van der Waals surface area contributed by atoms with Gasteiger partial charge in [0.1, 0.15) is 6.54 Å². The minimum absolute atomic E-state index is 0.0583. The molecule has 0 aromatic rings. The Labute approximate surface area is 102 Å². The van der Waals surface area contributed by atoms with Crippen LogP contribution in [0.5, 0.6) is 0 Å². The number of ether oxygens (including phenoxy) is 1. The van der Waals surface area contributed by atoms with Crippen LogP contribution >= 0.6 is 0 Å². The van der Waals surface area contributed by atoms with Crippen molar-refractivity contribution in [2.24, 2.45) is 17.8 Å². The number of nitrogens with zero attached hydrogens (tertiary/aromatic N) is 1. The molecule has 4 nitrogen and oxygen atoms in total. The van der Waals surface area contributed by atoms with Crippen LogP contribution in [0.2, 0.25) is 0 Å². The number of amides is 1. The second kappa shape index (κ2) is 4.67. The summed E-state index contributed by atoms with van der Waals surface area (Å²) in [5.74, 6) is 1.21. The van der Waals surface area contributed by atoms with Gasteiger partial charge in [0.15, 0.2) is 0 Å². The molecule has 2 fully saturated rings. The van der Waals surface area contributed by atoms with E-state index < -0.39 is 0 Å². The van der Waals surface area contributed by atoms with E-state index >= 15 is 0 Å². The number of hydrogen-bond donors (Lipinski definition) is 0. The Morgan fingerprint density at radius 1 is 1.29 bits per heavy atom. The third-order valence-electron chi connectivity index (χ3n) is 4.13. The second-order valence-corrected chi connectivity index (χ2v) is 5.42. The van der Waals surface area contributed by atoms with E-state index in [2.05, 4.69) is 4.74 Å². The number of methoxy groups -OCH3 is 1. The molecule has 0 heterocycles. The Morgan fingerprint density at radius 3 is 2.35 bits per heavy atom. The van der Waals surface area contributed by atoms with Crippen molar-refractivity contribution in [1.29, 1.82) is 0 Å². The van der Waals surface area contributed by atoms with Crippen LogP contribution < -0.4 is 0 Å². The third-order valence-corrected chi connectivity index (χ3v) is 4.13. The highest BCUT2D eigenvalue weighted by molar-refractivity contribution is 5.86. The number of carbonyl (C=O) groups excluding carboxylic acids is 2. The van der Waals surface area contributed by atoms with Gasteiger partial charge in [-0.05, 0) is 38.5 Å². The predicted octanol–water partition coefficient (Wildman–Crippen LogP) is 1.44. The summed E-state index contributed by atoms with van der Waals surface area (Å²) >= 11 is 0. The van der Waals surface area contributed by atoms with Gasteiger partial charge >= 0.3 is 5.97 Å². The molecule has 2 saturated carbocycles. The number of hydrogen-bond acceptors (Lipinski definition) is 3. The highest BCUT2D eigenvalue weighted by Crippen LogP contribution is 2.58. The maximum atomic E-state index is 12.3. The van der Waals surface area contributed by atoms with E-state index in [0.717, 1.165) is 0 Å². The van der Waals surface area contributed by atoms with Crippen molar-refractivity contribution in [2.75, 3.05) is 13.7 Å². The summed E-state index contributed by atoms with van der Waals surface area (Å²) in [4.78, 5) is 25.3. The minimum atomic E-state index is -0.335. The minimum Gasteiger partial charge on any atom is -0.468 e. The summed E-state index contributed by atoms with van der Waals surface area (Å²) in [6, 6.07) is 0.0583. The van der Waals surface area contributed by atoms with Gasteiger partial charge in [-0.1, -0.05) is 6.42 Å². The standard InChI is InChI=1S/C13H21NO3/c1-8(2)14(7-11(15)17-3)13(16)12-9-5-4-6-10(9)12/h8-10,12H,4-7H2,1-3H3. The lowest BCUT2D eigenvalue weighted by molar-refractivity contribution is -0.149. The third kappa shape index (κ3) is 2.31. The van der Waals surface area contributed by atoms with Crippen LogP contribution in [0.15, 0.2) is 0 Å². The fourth-order valence-electron chi connectivity index (χ4n) is 3.10. The van der Waals surface area contributed by atoms with Gasteiger partial charge in [-0.3, -0.25) is 9.59 Å². The molecule has 0 bridgehead atoms. The molecule has 0 aromatic heterocycles. The maximum absolute atomic E-state index is 12.3. The van der Waals surface area contributed by atoms with Crippen molar-refractivity contribution in [2.45, 2.75) is 39.2 Å². The molecule has 0 spiro atoms. The Morgan fingerprint density at radius 2 is 1.88 bits per heavy atom. The molecular formula is C13H21NO3. The highest BCUT2D eigenvalue weighted by Gasteiger charge is 2.57. The van der Waals surface area contributed by atoms with Crippen molar-refractivity contribution < 1.29 is 14.3 Å². The van der Waals surface area contributed by atoms with Gasteiger partial charge in [0, 0.05) is 12.0 Å². The van der Waals surface area contributed by atoms with Gasteiger partial charge in [0.2, 0.25) is 5.91 Å². The summed E-state index contributed by atoms with van der Waals surface area (Å²) in [7, 11) is 1.36. The fourth-order valence-corrected chi connectivity index (χ4v) is 3.10. The van der Waals surface area contributed by atoms with Gasteiger partial charge in [-0.25, -0.2) is 0 Å². The first-order valence-electron chi connectivity index (χ1n) is 6.43. The first-order valence-corrected chi connectivity index (χ1v) is 6.43. The molecule has 0 saturated heterocycles. The summed E-state index contributed by atoms with van der Waals surface area (Å²) in [6.07, 6.45) is 3.63. The highest BCUT2D eigenvalue weighted by atomic mass is 16.5. The van der Waals surface area contributed by atoms with E-state index in [1.54, 1.807) is 4.90 Å². The second-order valence-electron chi connectivity index (χ2n) is 5.42. The smallest absolute Gasteiger partial charge is 0.325 e. The Hall–Kier alpha value is -1.06. The van der Waals surface area contributed by atoms with E-state index in [-0.39, 0.29) is 30.4 Å². The average Bonchev–Trinajstić information content (AvgIpc) is 2.77. The van der Waals surface area contributed by atoms with Crippen molar-refractivity contribution in [1.82, 2.24) is 4.90 Å². The Balaban J connectivity index is 1.96. The van der Waals surface area contributed by atoms with Crippen LogP contribution in [0, 0.1) is 17.8 Å². The zero-order valence-corrected chi connectivity index (χ0v) is 10.8. The lowest BCUT2D eigenvalue weighted by atomic mass is 10.1. The molecule has 0 aliphatic heterocycles. The van der Waals surface area contributed by atoms with E-state index in [9.17, 15) is 9.59 Å². The largest absolute Gasteiger partial charge is 0.468 e. The van der Waals surface area contributed by atoms with Crippen molar-refractivity contribution >= 4 is 11.9 Å². The molecule has 2 unspecified atom stereocenters. The molecule has 2 aliphatic rings. The van der Waals surface area contributed by atoms with Crippen LogP contribution in [0.4, 0.5) is 0 Å². The van der Waals surface area contributed by atoms with Crippen LogP contribution in [0.25, 0.3) is 0 Å². The van der Waals surface area contributed by atoms with Crippen molar-refractivity contribution in [3.63, 3.8) is 0 Å². The van der Waals surface area contributed by atoms with Crippen LogP contribution in [0.3, 0.4) is 0 Å². The number of carbonyl (C=O) groups is 2. The molecule has 0 N–H and O–H groups in total. The molecule has 1 amide bonds. The number of fused-ring (bicyclic) bond motifs is 1. The molecule has 96 valence electrons. The first-order chi connectivity index (χ1) is 8.06. The van der Waals surface area contributed by atoms with Gasteiger partial charge in [0.25, 0.3) is 0 Å². The molecule has 4 heteroatoms. The number of rotatable bonds is 4. The van der Waals surface area contributed by atoms with Gasteiger partial charge in [0.05, 0.1) is 7.11 Å². The van der Waals surface area contributed by atoms with Crippen molar-refractivity contribution in [3.05, 3.63) is 0 Å².